The molecule has 0 aliphatic heterocycles. The van der Waals surface area contributed by atoms with Crippen LogP contribution in [0.2, 0.25) is 0 Å². The van der Waals surface area contributed by atoms with Gasteiger partial charge in [0.15, 0.2) is 0 Å². The summed E-state index contributed by atoms with van der Waals surface area (Å²) >= 11 is 0. The highest BCUT2D eigenvalue weighted by Crippen LogP contribution is 2.10. The molecule has 0 saturated carbocycles. The lowest BCUT2D eigenvalue weighted by atomic mass is 10.0. The summed E-state index contributed by atoms with van der Waals surface area (Å²) in [5.41, 5.74) is 1.48. The zero-order valence-corrected chi connectivity index (χ0v) is 9.75. The number of aryl methyl sites for hydroxylation is 1. The van der Waals surface area contributed by atoms with Crippen molar-refractivity contribution >= 4 is 0 Å². The second-order valence-electron chi connectivity index (χ2n) is 4.21. The Morgan fingerprint density at radius 3 is 2.00 bits per heavy atom. The Labute approximate surface area is 94.7 Å². The molecule has 0 heterocycles. The van der Waals surface area contributed by atoms with Crippen LogP contribution in [0.15, 0.2) is 30.3 Å². The maximum Gasteiger partial charge on any atom is -0.0279 e. The van der Waals surface area contributed by atoms with Gasteiger partial charge in [-0.2, -0.15) is 0 Å². The number of hydrogen-bond donors (Lipinski definition) is 0. The number of benzene rings is 1. The van der Waals surface area contributed by atoms with E-state index >= 15 is 0 Å². The number of hydrogen-bond acceptors (Lipinski definition) is 0. The van der Waals surface area contributed by atoms with Crippen LogP contribution in [0, 0.1) is 6.92 Å². The van der Waals surface area contributed by atoms with Crippen molar-refractivity contribution in [3.05, 3.63) is 42.8 Å². The van der Waals surface area contributed by atoms with Crippen molar-refractivity contribution in [2.75, 3.05) is 0 Å². The zero-order chi connectivity index (χ0) is 10.8. The molecule has 1 radical (unpaired) electrons. The maximum absolute atomic E-state index is 3.86. The van der Waals surface area contributed by atoms with Crippen molar-refractivity contribution in [2.24, 2.45) is 0 Å². The van der Waals surface area contributed by atoms with Crippen molar-refractivity contribution in [2.45, 2.75) is 51.4 Å². The highest BCUT2D eigenvalue weighted by molar-refractivity contribution is 5.14. The van der Waals surface area contributed by atoms with Crippen LogP contribution < -0.4 is 0 Å². The van der Waals surface area contributed by atoms with E-state index in [4.69, 9.17) is 0 Å². The molecule has 1 aromatic rings. The molecule has 0 aliphatic rings. The summed E-state index contributed by atoms with van der Waals surface area (Å²) in [6.07, 6.45) is 10.5. The first-order valence-corrected chi connectivity index (χ1v) is 6.26. The van der Waals surface area contributed by atoms with Crippen LogP contribution in [0.5, 0.6) is 0 Å². The molecule has 0 aromatic heterocycles. The monoisotopic (exact) mass is 203 g/mol. The van der Waals surface area contributed by atoms with Crippen molar-refractivity contribution in [3.63, 3.8) is 0 Å². The fourth-order valence-corrected chi connectivity index (χ4v) is 1.86. The summed E-state index contributed by atoms with van der Waals surface area (Å²) in [5, 5.41) is 0. The van der Waals surface area contributed by atoms with Gasteiger partial charge in [-0.25, -0.2) is 0 Å². The first-order chi connectivity index (χ1) is 7.43. The molecule has 83 valence electrons. The van der Waals surface area contributed by atoms with Crippen LogP contribution in [0.25, 0.3) is 0 Å². The summed E-state index contributed by atoms with van der Waals surface area (Å²) in [4.78, 5) is 0. The largest absolute Gasteiger partial charge is 0.0622 e. The van der Waals surface area contributed by atoms with Gasteiger partial charge in [0.1, 0.15) is 0 Å². The van der Waals surface area contributed by atoms with Crippen molar-refractivity contribution < 1.29 is 0 Å². The lowest BCUT2D eigenvalue weighted by Gasteiger charge is -2.01. The third-order valence-corrected chi connectivity index (χ3v) is 2.81. The van der Waals surface area contributed by atoms with E-state index in [1.807, 2.05) is 0 Å². The SMILES string of the molecule is [CH2]CCCCCCCCc1ccccc1. The average Bonchev–Trinajstić information content (AvgIpc) is 2.29. The van der Waals surface area contributed by atoms with Gasteiger partial charge >= 0.3 is 0 Å². The first-order valence-electron chi connectivity index (χ1n) is 6.26. The van der Waals surface area contributed by atoms with Crippen molar-refractivity contribution in [1.82, 2.24) is 0 Å². The lowest BCUT2D eigenvalue weighted by Crippen LogP contribution is -1.85. The summed E-state index contributed by atoms with van der Waals surface area (Å²) in [6, 6.07) is 10.8. The second kappa shape index (κ2) is 8.52. The molecule has 0 fully saturated rings. The van der Waals surface area contributed by atoms with Gasteiger partial charge in [0.2, 0.25) is 0 Å². The Hall–Kier alpha value is -0.780. The van der Waals surface area contributed by atoms with Crippen LogP contribution in [0.1, 0.15) is 50.5 Å². The Morgan fingerprint density at radius 1 is 0.733 bits per heavy atom. The van der Waals surface area contributed by atoms with Gasteiger partial charge in [0.05, 0.1) is 0 Å². The van der Waals surface area contributed by atoms with Gasteiger partial charge in [-0.15, -0.1) is 0 Å². The molecule has 0 heteroatoms. The van der Waals surface area contributed by atoms with E-state index in [1.165, 1.54) is 50.5 Å². The van der Waals surface area contributed by atoms with E-state index in [0.29, 0.717) is 0 Å². The van der Waals surface area contributed by atoms with Crippen LogP contribution >= 0.6 is 0 Å². The molecular formula is C15H23. The van der Waals surface area contributed by atoms with Crippen LogP contribution in [0.3, 0.4) is 0 Å². The van der Waals surface area contributed by atoms with Crippen LogP contribution in [-0.4, -0.2) is 0 Å². The molecular weight excluding hydrogens is 180 g/mol. The normalized spacial score (nSPS) is 10.5. The average molecular weight is 203 g/mol. The van der Waals surface area contributed by atoms with E-state index in [-0.39, 0.29) is 0 Å². The minimum absolute atomic E-state index is 1.10. The molecule has 0 spiro atoms. The zero-order valence-electron chi connectivity index (χ0n) is 9.75. The fourth-order valence-electron chi connectivity index (χ4n) is 1.86. The fraction of sp³-hybridized carbons (Fsp3) is 0.533. The number of rotatable bonds is 8. The minimum Gasteiger partial charge on any atom is -0.0622 e. The van der Waals surface area contributed by atoms with Crippen LogP contribution in [-0.2, 0) is 6.42 Å². The second-order valence-corrected chi connectivity index (χ2v) is 4.21. The van der Waals surface area contributed by atoms with Crippen molar-refractivity contribution in [3.8, 4) is 0 Å². The Bertz CT molecular complexity index is 225. The molecule has 0 N–H and O–H groups in total. The van der Waals surface area contributed by atoms with Crippen LogP contribution in [0.4, 0.5) is 0 Å². The Balaban J connectivity index is 1.93. The van der Waals surface area contributed by atoms with Crippen molar-refractivity contribution in [1.29, 1.82) is 0 Å². The Morgan fingerprint density at radius 2 is 1.33 bits per heavy atom. The Kier molecular flexibility index (Phi) is 6.98. The molecule has 1 rings (SSSR count). The van der Waals surface area contributed by atoms with Gasteiger partial charge in [0.25, 0.3) is 0 Å². The minimum atomic E-state index is 1.10. The summed E-state index contributed by atoms with van der Waals surface area (Å²) in [5.74, 6) is 0. The quantitative estimate of drug-likeness (QED) is 0.533. The smallest absolute Gasteiger partial charge is 0.0279 e. The first kappa shape index (κ1) is 12.3. The van der Waals surface area contributed by atoms with Gasteiger partial charge in [-0.3, -0.25) is 0 Å². The van der Waals surface area contributed by atoms with Gasteiger partial charge in [0, 0.05) is 0 Å². The van der Waals surface area contributed by atoms with E-state index in [9.17, 15) is 0 Å². The van der Waals surface area contributed by atoms with E-state index in [1.54, 1.807) is 0 Å². The topological polar surface area (TPSA) is 0 Å². The molecule has 15 heavy (non-hydrogen) atoms. The van der Waals surface area contributed by atoms with E-state index in [2.05, 4.69) is 37.3 Å². The molecule has 1 aromatic carbocycles. The third-order valence-electron chi connectivity index (χ3n) is 2.81. The van der Waals surface area contributed by atoms with Gasteiger partial charge < -0.3 is 0 Å². The third kappa shape index (κ3) is 6.33. The summed E-state index contributed by atoms with van der Waals surface area (Å²) < 4.78 is 0. The highest BCUT2D eigenvalue weighted by atomic mass is 14.0. The maximum atomic E-state index is 3.86. The lowest BCUT2D eigenvalue weighted by molar-refractivity contribution is 0.596. The van der Waals surface area contributed by atoms with Gasteiger partial charge in [-0.05, 0) is 18.4 Å². The molecule has 0 amide bonds. The molecule has 0 nitrogen and oxygen atoms in total. The highest BCUT2D eigenvalue weighted by Gasteiger charge is 1.92. The summed E-state index contributed by atoms with van der Waals surface area (Å²) in [6.45, 7) is 3.86. The standard InChI is InChI=1S/C15H23/c1-2-3-4-5-6-7-9-12-15-13-10-8-11-14-15/h8,10-11,13-14H,1-7,9,12H2. The predicted molar refractivity (Wildman–Crippen MR) is 67.8 cm³/mol. The van der Waals surface area contributed by atoms with E-state index in [0.717, 1.165) is 6.42 Å². The number of unbranched alkanes of at least 4 members (excludes halogenated alkanes) is 6. The predicted octanol–water partition coefficient (Wildman–Crippen LogP) is 4.79. The molecule has 0 aliphatic carbocycles. The van der Waals surface area contributed by atoms with Gasteiger partial charge in [-0.1, -0.05) is 75.8 Å². The summed E-state index contributed by atoms with van der Waals surface area (Å²) in [7, 11) is 0. The molecule has 0 atom stereocenters. The van der Waals surface area contributed by atoms with E-state index < -0.39 is 0 Å². The molecule has 0 unspecified atom stereocenters. The molecule has 0 saturated heterocycles. The molecule has 0 bridgehead atoms.